The Bertz CT molecular complexity index is 1200. The number of likely N-dealkylation sites (tertiary alicyclic amines) is 1. The molecule has 3 aromatic rings. The number of ether oxygens (including phenoxy) is 1. The summed E-state index contributed by atoms with van der Waals surface area (Å²) in [6.45, 7) is 2.54. The van der Waals surface area contributed by atoms with Crippen molar-refractivity contribution in [2.45, 2.75) is 25.8 Å². The number of nitrogens with two attached hydrogens (primary N) is 1. The summed E-state index contributed by atoms with van der Waals surface area (Å²) in [6.07, 6.45) is 4.85. The zero-order valence-corrected chi connectivity index (χ0v) is 19.7. The Labute approximate surface area is 201 Å². The number of thiazole rings is 1. The van der Waals surface area contributed by atoms with Crippen LogP contribution in [0.4, 0.5) is 5.69 Å². The number of hydrogen-bond donors (Lipinski definition) is 2. The summed E-state index contributed by atoms with van der Waals surface area (Å²) in [5.74, 6) is -1.88. The highest BCUT2D eigenvalue weighted by atomic mass is 32.1. The first-order chi connectivity index (χ1) is 16.4. The van der Waals surface area contributed by atoms with Gasteiger partial charge in [0.15, 0.2) is 0 Å². The number of methoxy groups -OCH3 is 1. The molecule has 3 N–H and O–H groups in total. The molecule has 0 saturated carbocycles. The van der Waals surface area contributed by atoms with E-state index in [1.807, 2.05) is 30.5 Å². The van der Waals surface area contributed by atoms with Gasteiger partial charge in [0.2, 0.25) is 5.88 Å². The average molecular weight is 480 g/mol. The summed E-state index contributed by atoms with van der Waals surface area (Å²) in [5.41, 5.74) is 9.37. The van der Waals surface area contributed by atoms with E-state index in [0.717, 1.165) is 28.8 Å². The van der Waals surface area contributed by atoms with Crippen LogP contribution >= 0.6 is 11.3 Å². The standard InChI is InChI=1S/C24H25N5O4S/c1-14-3-8-19(15-4-6-16(7-5-15)20-11-26-13-34-20)29(12-14)24(32)22(31)28-17-9-18(21(25)30)23(33-2)27-10-17/h4-7,9-11,13-14,19H,3,8,12H2,1-2H3,(H2,25,30)(H,28,31)/t14-,19+/m1/s1. The van der Waals surface area contributed by atoms with E-state index in [-0.39, 0.29) is 29.1 Å². The van der Waals surface area contributed by atoms with Gasteiger partial charge in [-0.1, -0.05) is 31.2 Å². The monoisotopic (exact) mass is 479 g/mol. The van der Waals surface area contributed by atoms with Gasteiger partial charge in [0, 0.05) is 12.7 Å². The zero-order chi connectivity index (χ0) is 24.2. The van der Waals surface area contributed by atoms with Crippen molar-refractivity contribution in [2.24, 2.45) is 11.7 Å². The molecule has 0 aliphatic carbocycles. The van der Waals surface area contributed by atoms with Crippen molar-refractivity contribution < 1.29 is 19.1 Å². The van der Waals surface area contributed by atoms with Crippen molar-refractivity contribution in [1.29, 1.82) is 0 Å². The largest absolute Gasteiger partial charge is 0.480 e. The first-order valence-corrected chi connectivity index (χ1v) is 11.7. The van der Waals surface area contributed by atoms with E-state index in [4.69, 9.17) is 10.5 Å². The minimum absolute atomic E-state index is 0.0123. The van der Waals surface area contributed by atoms with Gasteiger partial charge >= 0.3 is 11.8 Å². The Morgan fingerprint density at radius 1 is 1.18 bits per heavy atom. The first-order valence-electron chi connectivity index (χ1n) is 10.8. The molecule has 2 aromatic heterocycles. The second-order valence-corrected chi connectivity index (χ2v) is 9.13. The predicted molar refractivity (Wildman–Crippen MR) is 128 cm³/mol. The van der Waals surface area contributed by atoms with E-state index >= 15 is 0 Å². The molecule has 176 valence electrons. The number of amides is 3. The predicted octanol–water partition coefficient (Wildman–Crippen LogP) is 3.25. The molecule has 1 saturated heterocycles. The molecule has 0 unspecified atom stereocenters. The maximum Gasteiger partial charge on any atom is 0.313 e. The third-order valence-electron chi connectivity index (χ3n) is 5.85. The molecule has 1 aliphatic heterocycles. The van der Waals surface area contributed by atoms with E-state index in [0.29, 0.717) is 6.54 Å². The normalized spacial score (nSPS) is 17.8. The summed E-state index contributed by atoms with van der Waals surface area (Å²) in [6, 6.07) is 9.16. The topological polar surface area (TPSA) is 128 Å². The Hall–Kier alpha value is -3.79. The second-order valence-electron chi connectivity index (χ2n) is 8.24. The van der Waals surface area contributed by atoms with Gasteiger partial charge in [0.25, 0.3) is 5.91 Å². The molecule has 0 bridgehead atoms. The number of carbonyl (C=O) groups is 3. The van der Waals surface area contributed by atoms with Crippen LogP contribution in [0.3, 0.4) is 0 Å². The number of piperidine rings is 1. The first kappa shape index (κ1) is 23.4. The summed E-state index contributed by atoms with van der Waals surface area (Å²) in [5, 5.41) is 2.54. The lowest BCUT2D eigenvalue weighted by Crippen LogP contribution is -2.46. The molecule has 1 aromatic carbocycles. The Balaban J connectivity index is 1.53. The SMILES string of the molecule is COc1ncc(NC(=O)C(=O)N2C[C@H](C)CC[C@H]2c2ccc(-c3cncs3)cc2)cc1C(N)=O. The molecule has 2 atom stereocenters. The highest BCUT2D eigenvalue weighted by Crippen LogP contribution is 2.35. The van der Waals surface area contributed by atoms with Crippen LogP contribution in [0.2, 0.25) is 0 Å². The summed E-state index contributed by atoms with van der Waals surface area (Å²) in [4.78, 5) is 48.5. The fourth-order valence-corrected chi connectivity index (χ4v) is 4.76. The maximum atomic E-state index is 13.2. The molecule has 0 radical (unpaired) electrons. The van der Waals surface area contributed by atoms with E-state index in [2.05, 4.69) is 22.2 Å². The van der Waals surface area contributed by atoms with Crippen LogP contribution in [-0.4, -0.2) is 46.2 Å². The van der Waals surface area contributed by atoms with E-state index in [1.54, 1.807) is 21.7 Å². The number of anilines is 1. The van der Waals surface area contributed by atoms with Gasteiger partial charge in [-0.3, -0.25) is 19.4 Å². The lowest BCUT2D eigenvalue weighted by molar-refractivity contribution is -0.146. The lowest BCUT2D eigenvalue weighted by Gasteiger charge is -2.38. The number of aromatic nitrogens is 2. The molecule has 9 nitrogen and oxygen atoms in total. The Morgan fingerprint density at radius 2 is 1.94 bits per heavy atom. The quantitative estimate of drug-likeness (QED) is 0.541. The number of rotatable bonds is 5. The van der Waals surface area contributed by atoms with Gasteiger partial charge in [-0.05, 0) is 36.0 Å². The third kappa shape index (κ3) is 4.91. The molecule has 1 aliphatic rings. The highest BCUT2D eigenvalue weighted by Gasteiger charge is 2.34. The summed E-state index contributed by atoms with van der Waals surface area (Å²) >= 11 is 1.56. The molecule has 3 heterocycles. The van der Waals surface area contributed by atoms with Crippen LogP contribution in [0.5, 0.6) is 5.88 Å². The zero-order valence-electron chi connectivity index (χ0n) is 18.9. The minimum Gasteiger partial charge on any atom is -0.480 e. The van der Waals surface area contributed by atoms with Crippen molar-refractivity contribution >= 4 is 34.7 Å². The highest BCUT2D eigenvalue weighted by molar-refractivity contribution is 7.13. The van der Waals surface area contributed by atoms with Crippen LogP contribution in [0.25, 0.3) is 10.4 Å². The van der Waals surface area contributed by atoms with Gasteiger partial charge < -0.3 is 20.7 Å². The molecule has 1 fully saturated rings. The van der Waals surface area contributed by atoms with Crippen molar-refractivity contribution in [3.63, 3.8) is 0 Å². The van der Waals surface area contributed by atoms with E-state index in [1.165, 1.54) is 19.4 Å². The van der Waals surface area contributed by atoms with Crippen LogP contribution in [0.1, 0.15) is 41.7 Å². The number of hydrogen-bond acceptors (Lipinski definition) is 7. The van der Waals surface area contributed by atoms with Crippen molar-refractivity contribution in [1.82, 2.24) is 14.9 Å². The van der Waals surface area contributed by atoms with Crippen LogP contribution in [0, 0.1) is 5.92 Å². The van der Waals surface area contributed by atoms with Crippen molar-refractivity contribution in [3.8, 4) is 16.3 Å². The molecule has 34 heavy (non-hydrogen) atoms. The molecule has 4 rings (SSSR count). The van der Waals surface area contributed by atoms with Gasteiger partial charge in [0.05, 0.1) is 35.4 Å². The minimum atomic E-state index is -0.803. The van der Waals surface area contributed by atoms with Crippen molar-refractivity contribution in [2.75, 3.05) is 19.0 Å². The molecular weight excluding hydrogens is 454 g/mol. The Morgan fingerprint density at radius 3 is 2.59 bits per heavy atom. The lowest BCUT2D eigenvalue weighted by atomic mass is 9.89. The summed E-state index contributed by atoms with van der Waals surface area (Å²) in [7, 11) is 1.36. The van der Waals surface area contributed by atoms with Gasteiger partial charge in [-0.15, -0.1) is 11.3 Å². The van der Waals surface area contributed by atoms with Crippen LogP contribution < -0.4 is 15.8 Å². The smallest absolute Gasteiger partial charge is 0.313 e. The maximum absolute atomic E-state index is 13.2. The van der Waals surface area contributed by atoms with Gasteiger partial charge in [0.1, 0.15) is 5.56 Å². The molecule has 0 spiro atoms. The third-order valence-corrected chi connectivity index (χ3v) is 6.67. The molecule has 3 amide bonds. The van der Waals surface area contributed by atoms with Crippen LogP contribution in [-0.2, 0) is 9.59 Å². The fraction of sp³-hybridized carbons (Fsp3) is 0.292. The number of pyridine rings is 1. The average Bonchev–Trinajstić information content (AvgIpc) is 3.38. The molecular formula is C24H25N5O4S. The molecule has 10 heteroatoms. The number of primary amides is 1. The van der Waals surface area contributed by atoms with E-state index in [9.17, 15) is 14.4 Å². The fourth-order valence-electron chi connectivity index (χ4n) is 4.13. The van der Waals surface area contributed by atoms with Gasteiger partial charge in [-0.2, -0.15) is 0 Å². The van der Waals surface area contributed by atoms with Crippen LogP contribution in [0.15, 0.2) is 48.2 Å². The summed E-state index contributed by atoms with van der Waals surface area (Å²) < 4.78 is 5.01. The van der Waals surface area contributed by atoms with Gasteiger partial charge in [-0.25, -0.2) is 4.98 Å². The number of carbonyl (C=O) groups excluding carboxylic acids is 3. The Kier molecular flexibility index (Phi) is 6.87. The second kappa shape index (κ2) is 10.0. The number of nitrogens with zero attached hydrogens (tertiary/aromatic N) is 3. The van der Waals surface area contributed by atoms with Crippen molar-refractivity contribution in [3.05, 3.63) is 59.4 Å². The number of nitrogens with one attached hydrogen (secondary N) is 1. The van der Waals surface area contributed by atoms with E-state index < -0.39 is 17.7 Å². The number of benzene rings is 1.